The first-order valence-electron chi connectivity index (χ1n) is 6.28. The third-order valence-electron chi connectivity index (χ3n) is 3.72. The Morgan fingerprint density at radius 2 is 1.85 bits per heavy atom. The van der Waals surface area contributed by atoms with Crippen LogP contribution in [0.25, 0.3) is 33.2 Å². The minimum absolute atomic E-state index is 0.557. The topological polar surface area (TPSA) is 17.8 Å². The maximum Gasteiger partial charge on any atom is 0.0888 e. The lowest BCUT2D eigenvalue weighted by Gasteiger charge is -2.12. The van der Waals surface area contributed by atoms with Crippen molar-refractivity contribution < 1.29 is 0 Å². The zero-order valence-corrected chi connectivity index (χ0v) is 12.2. The lowest BCUT2D eigenvalue weighted by molar-refractivity contribution is 0.967. The van der Waals surface area contributed by atoms with Crippen LogP contribution in [0, 0.1) is 0 Å². The third kappa shape index (κ3) is 1.49. The van der Waals surface area contributed by atoms with Crippen molar-refractivity contribution in [2.45, 2.75) is 0 Å². The molecule has 0 N–H and O–H groups in total. The van der Waals surface area contributed by atoms with Gasteiger partial charge in [0.1, 0.15) is 0 Å². The maximum absolute atomic E-state index is 6.38. The monoisotopic (exact) mass is 300 g/mol. The van der Waals surface area contributed by atoms with Crippen LogP contribution in [0.2, 0.25) is 10.0 Å². The molecule has 0 atom stereocenters. The summed E-state index contributed by atoms with van der Waals surface area (Å²) in [7, 11) is 2.03. The molecule has 0 saturated carbocycles. The Kier molecular flexibility index (Phi) is 2.47. The molecule has 0 aliphatic carbocycles. The van der Waals surface area contributed by atoms with Crippen LogP contribution in [0.5, 0.6) is 0 Å². The Bertz CT molecular complexity index is 940. The molecule has 2 aliphatic rings. The minimum atomic E-state index is 0.557. The van der Waals surface area contributed by atoms with E-state index in [1.54, 1.807) is 6.07 Å². The lowest BCUT2D eigenvalue weighted by Crippen LogP contribution is -1.98. The second-order valence-corrected chi connectivity index (χ2v) is 5.65. The summed E-state index contributed by atoms with van der Waals surface area (Å²) in [6.45, 7) is 0. The number of benzene rings is 2. The fraction of sp³-hybridized carbons (Fsp3) is 0.0625. The third-order valence-corrected chi connectivity index (χ3v) is 4.52. The van der Waals surface area contributed by atoms with E-state index in [2.05, 4.69) is 27.8 Å². The summed E-state index contributed by atoms with van der Waals surface area (Å²) < 4.78 is 2.13. The fourth-order valence-corrected chi connectivity index (χ4v) is 3.20. The van der Waals surface area contributed by atoms with Crippen LogP contribution in [0.3, 0.4) is 0 Å². The predicted molar refractivity (Wildman–Crippen MR) is 84.9 cm³/mol. The summed E-state index contributed by atoms with van der Waals surface area (Å²) in [4.78, 5) is 4.66. The molecule has 20 heavy (non-hydrogen) atoms. The number of rotatable bonds is 0. The standard InChI is InChI=1S/C16H10Cl2N2/c1-20-13-5-3-2-4-9(13)8-12-16(20)14-11(19-12)7-6-10(17)15(14)18/h2-8H,1H3. The van der Waals surface area contributed by atoms with Crippen molar-refractivity contribution >= 4 is 45.0 Å². The van der Waals surface area contributed by atoms with E-state index in [1.807, 2.05) is 25.2 Å². The lowest BCUT2D eigenvalue weighted by atomic mass is 10.1. The van der Waals surface area contributed by atoms with E-state index in [-0.39, 0.29) is 0 Å². The zero-order chi connectivity index (χ0) is 13.9. The summed E-state index contributed by atoms with van der Waals surface area (Å²) in [6.07, 6.45) is 0. The molecule has 0 aromatic heterocycles. The SMILES string of the molecule is Cn1c2c3c(Cl)c(Cl)ccc3nc-2cc2ccccc21. The van der Waals surface area contributed by atoms with Crippen LogP contribution >= 0.6 is 23.2 Å². The Balaban J connectivity index is 2.30. The van der Waals surface area contributed by atoms with Crippen LogP contribution in [0.4, 0.5) is 0 Å². The Morgan fingerprint density at radius 3 is 2.70 bits per heavy atom. The van der Waals surface area contributed by atoms with Gasteiger partial charge in [-0.3, -0.25) is 0 Å². The smallest absolute Gasteiger partial charge is 0.0888 e. The van der Waals surface area contributed by atoms with Gasteiger partial charge < -0.3 is 4.57 Å². The Hall–Kier alpha value is -1.77. The second-order valence-electron chi connectivity index (χ2n) is 4.86. The summed E-state index contributed by atoms with van der Waals surface area (Å²) in [5, 5.41) is 3.20. The molecular weight excluding hydrogens is 291 g/mol. The predicted octanol–water partition coefficient (Wildman–Crippen LogP) is 5.14. The molecule has 0 fully saturated rings. The van der Waals surface area contributed by atoms with Gasteiger partial charge in [0.2, 0.25) is 0 Å². The Labute approximate surface area is 125 Å². The van der Waals surface area contributed by atoms with Crippen LogP contribution in [0.15, 0.2) is 42.5 Å². The van der Waals surface area contributed by atoms with Gasteiger partial charge in [-0.2, -0.15) is 0 Å². The van der Waals surface area contributed by atoms with Crippen molar-refractivity contribution in [3.63, 3.8) is 0 Å². The quantitative estimate of drug-likeness (QED) is 0.440. The summed E-state index contributed by atoms with van der Waals surface area (Å²) in [6, 6.07) is 14.0. The maximum atomic E-state index is 6.38. The normalized spacial score (nSPS) is 11.8. The molecule has 0 radical (unpaired) electrons. The van der Waals surface area contributed by atoms with E-state index in [4.69, 9.17) is 23.2 Å². The highest BCUT2D eigenvalue weighted by atomic mass is 35.5. The van der Waals surface area contributed by atoms with Crippen LogP contribution in [0.1, 0.15) is 0 Å². The molecule has 2 aromatic rings. The number of fused-ring (bicyclic) bond motifs is 4. The number of hydrogen-bond donors (Lipinski definition) is 0. The number of nitrogens with zero attached hydrogens (tertiary/aromatic N) is 2. The minimum Gasteiger partial charge on any atom is -0.342 e. The average molecular weight is 301 g/mol. The summed E-state index contributed by atoms with van der Waals surface area (Å²) in [5.74, 6) is 0. The highest BCUT2D eigenvalue weighted by Crippen LogP contribution is 2.40. The van der Waals surface area contributed by atoms with Crippen LogP contribution in [-0.2, 0) is 7.05 Å². The van der Waals surface area contributed by atoms with Gasteiger partial charge in [-0.05, 0) is 24.3 Å². The van der Waals surface area contributed by atoms with Gasteiger partial charge in [0.05, 0.1) is 26.9 Å². The van der Waals surface area contributed by atoms with Crippen molar-refractivity contribution in [1.82, 2.24) is 9.55 Å². The molecule has 98 valence electrons. The van der Waals surface area contributed by atoms with Crippen molar-refractivity contribution in [3.8, 4) is 11.4 Å². The zero-order valence-electron chi connectivity index (χ0n) is 10.7. The number of halogens is 2. The number of aromatic nitrogens is 2. The van der Waals surface area contributed by atoms with E-state index in [1.165, 1.54) is 0 Å². The van der Waals surface area contributed by atoms with Crippen molar-refractivity contribution in [1.29, 1.82) is 0 Å². The van der Waals surface area contributed by atoms with E-state index in [9.17, 15) is 0 Å². The van der Waals surface area contributed by atoms with Gasteiger partial charge >= 0.3 is 0 Å². The van der Waals surface area contributed by atoms with Crippen LogP contribution < -0.4 is 0 Å². The van der Waals surface area contributed by atoms with E-state index < -0.39 is 0 Å². The largest absolute Gasteiger partial charge is 0.342 e. The van der Waals surface area contributed by atoms with Gasteiger partial charge in [-0.25, -0.2) is 4.98 Å². The molecule has 0 unspecified atom stereocenters. The Morgan fingerprint density at radius 1 is 1.05 bits per heavy atom. The van der Waals surface area contributed by atoms with Gasteiger partial charge in [0.15, 0.2) is 0 Å². The van der Waals surface area contributed by atoms with Gasteiger partial charge in [-0.15, -0.1) is 0 Å². The molecular formula is C16H10Cl2N2. The van der Waals surface area contributed by atoms with E-state index >= 15 is 0 Å². The first-order valence-corrected chi connectivity index (χ1v) is 7.04. The first-order chi connectivity index (χ1) is 9.66. The highest BCUT2D eigenvalue weighted by Gasteiger charge is 2.19. The molecule has 2 heterocycles. The van der Waals surface area contributed by atoms with E-state index in [0.717, 1.165) is 33.2 Å². The van der Waals surface area contributed by atoms with Crippen LogP contribution in [-0.4, -0.2) is 9.55 Å². The summed E-state index contributed by atoms with van der Waals surface area (Å²) in [5.41, 5.74) is 3.97. The number of aryl methyl sites for hydroxylation is 1. The molecule has 2 nitrogen and oxygen atoms in total. The number of para-hydroxylation sites is 1. The average Bonchev–Trinajstić information content (AvgIpc) is 2.82. The molecule has 2 aromatic carbocycles. The molecule has 4 rings (SSSR count). The van der Waals surface area contributed by atoms with Crippen molar-refractivity contribution in [2.24, 2.45) is 7.05 Å². The molecule has 0 spiro atoms. The molecule has 2 aliphatic heterocycles. The van der Waals surface area contributed by atoms with E-state index in [0.29, 0.717) is 10.0 Å². The highest BCUT2D eigenvalue weighted by molar-refractivity contribution is 6.46. The van der Waals surface area contributed by atoms with Crippen molar-refractivity contribution in [2.75, 3.05) is 0 Å². The molecule has 0 saturated heterocycles. The van der Waals surface area contributed by atoms with Crippen molar-refractivity contribution in [3.05, 3.63) is 52.5 Å². The molecule has 4 heteroatoms. The van der Waals surface area contributed by atoms with Gasteiger partial charge in [0.25, 0.3) is 0 Å². The molecule has 0 amide bonds. The number of pyridine rings is 1. The summed E-state index contributed by atoms with van der Waals surface area (Å²) >= 11 is 12.5. The second kappa shape index (κ2) is 4.11. The molecule has 0 bridgehead atoms. The first kappa shape index (κ1) is 12.0. The number of hydrogen-bond acceptors (Lipinski definition) is 1. The fourth-order valence-electron chi connectivity index (χ4n) is 2.79. The van der Waals surface area contributed by atoms with Gasteiger partial charge in [0, 0.05) is 23.3 Å². The van der Waals surface area contributed by atoms with Gasteiger partial charge in [-0.1, -0.05) is 41.4 Å².